The number of carboxylic acid groups (broad SMARTS) is 1. The first kappa shape index (κ1) is 11.9. The van der Waals surface area contributed by atoms with Gasteiger partial charge in [0, 0.05) is 5.56 Å². The Morgan fingerprint density at radius 3 is 2.69 bits per heavy atom. The van der Waals surface area contributed by atoms with E-state index < -0.39 is 17.6 Å². The van der Waals surface area contributed by atoms with Crippen LogP contribution in [0.2, 0.25) is 0 Å². The SMILES string of the molecule is N#Cc1cc(F)c(C=CCC(=O)O)cc1F. The molecule has 0 radical (unpaired) electrons. The van der Waals surface area contributed by atoms with E-state index in [1.807, 2.05) is 0 Å². The van der Waals surface area contributed by atoms with Gasteiger partial charge >= 0.3 is 5.97 Å². The minimum atomic E-state index is -1.06. The van der Waals surface area contributed by atoms with Gasteiger partial charge in [0.1, 0.15) is 17.7 Å². The van der Waals surface area contributed by atoms with Gasteiger partial charge in [-0.05, 0) is 12.1 Å². The second-order valence-corrected chi connectivity index (χ2v) is 2.97. The van der Waals surface area contributed by atoms with Crippen molar-refractivity contribution < 1.29 is 18.7 Å². The number of carboxylic acids is 1. The first-order valence-electron chi connectivity index (χ1n) is 4.32. The van der Waals surface area contributed by atoms with Crippen molar-refractivity contribution in [3.63, 3.8) is 0 Å². The largest absolute Gasteiger partial charge is 0.481 e. The molecule has 16 heavy (non-hydrogen) atoms. The molecule has 5 heteroatoms. The molecule has 1 aromatic rings. The highest BCUT2D eigenvalue weighted by atomic mass is 19.1. The van der Waals surface area contributed by atoms with E-state index in [2.05, 4.69) is 0 Å². The Labute approximate surface area is 90.2 Å². The van der Waals surface area contributed by atoms with Crippen LogP contribution in [-0.2, 0) is 4.79 Å². The van der Waals surface area contributed by atoms with Gasteiger partial charge in [-0.1, -0.05) is 12.2 Å². The predicted octanol–water partition coefficient (Wildman–Crippen LogP) is 2.32. The number of carbonyl (C=O) groups is 1. The van der Waals surface area contributed by atoms with Gasteiger partial charge in [0.25, 0.3) is 0 Å². The Bertz CT molecular complexity index is 489. The zero-order chi connectivity index (χ0) is 12.1. The first-order valence-corrected chi connectivity index (χ1v) is 4.32. The summed E-state index contributed by atoms with van der Waals surface area (Å²) in [5.41, 5.74) is -0.467. The summed E-state index contributed by atoms with van der Waals surface area (Å²) in [6.07, 6.45) is 2.08. The van der Waals surface area contributed by atoms with E-state index in [0.29, 0.717) is 0 Å². The van der Waals surface area contributed by atoms with Crippen molar-refractivity contribution in [1.82, 2.24) is 0 Å². The van der Waals surface area contributed by atoms with Gasteiger partial charge in [0.15, 0.2) is 0 Å². The van der Waals surface area contributed by atoms with Crippen LogP contribution in [0.4, 0.5) is 8.78 Å². The number of halogens is 2. The quantitative estimate of drug-likeness (QED) is 0.855. The van der Waals surface area contributed by atoms with Crippen molar-refractivity contribution >= 4 is 12.0 Å². The average molecular weight is 223 g/mol. The molecule has 0 amide bonds. The summed E-state index contributed by atoms with van der Waals surface area (Å²) in [4.78, 5) is 10.2. The molecule has 0 saturated heterocycles. The third kappa shape index (κ3) is 2.89. The molecule has 0 aliphatic carbocycles. The van der Waals surface area contributed by atoms with Crippen molar-refractivity contribution in [2.45, 2.75) is 6.42 Å². The maximum Gasteiger partial charge on any atom is 0.307 e. The van der Waals surface area contributed by atoms with Crippen molar-refractivity contribution in [2.75, 3.05) is 0 Å². The third-order valence-corrected chi connectivity index (χ3v) is 1.80. The van der Waals surface area contributed by atoms with Crippen molar-refractivity contribution in [3.8, 4) is 6.07 Å². The van der Waals surface area contributed by atoms with Crippen LogP contribution in [0.3, 0.4) is 0 Å². The molecular weight excluding hydrogens is 216 g/mol. The highest BCUT2D eigenvalue weighted by Crippen LogP contribution is 2.15. The van der Waals surface area contributed by atoms with E-state index in [4.69, 9.17) is 10.4 Å². The van der Waals surface area contributed by atoms with Gasteiger partial charge in [-0.3, -0.25) is 4.79 Å². The number of nitriles is 1. The highest BCUT2D eigenvalue weighted by molar-refractivity contribution is 5.70. The number of hydrogen-bond acceptors (Lipinski definition) is 2. The standard InChI is InChI=1S/C11H7F2NO2/c12-9-5-8(6-14)10(13)4-7(9)2-1-3-11(15)16/h1-2,4-5H,3H2,(H,15,16). The van der Waals surface area contributed by atoms with Gasteiger partial charge in [-0.15, -0.1) is 0 Å². The van der Waals surface area contributed by atoms with Crippen molar-refractivity contribution in [2.24, 2.45) is 0 Å². The van der Waals surface area contributed by atoms with E-state index in [1.54, 1.807) is 0 Å². The monoisotopic (exact) mass is 223 g/mol. The molecule has 0 atom stereocenters. The number of nitrogens with zero attached hydrogens (tertiary/aromatic N) is 1. The molecule has 0 unspecified atom stereocenters. The minimum absolute atomic E-state index is 0.0854. The summed E-state index contributed by atoms with van der Waals surface area (Å²) in [6.45, 7) is 0. The summed E-state index contributed by atoms with van der Waals surface area (Å²) >= 11 is 0. The molecule has 1 aromatic carbocycles. The lowest BCUT2D eigenvalue weighted by atomic mass is 10.1. The van der Waals surface area contributed by atoms with Gasteiger partial charge < -0.3 is 5.11 Å². The van der Waals surface area contributed by atoms with Gasteiger partial charge in [-0.25, -0.2) is 8.78 Å². The lowest BCUT2D eigenvalue weighted by Crippen LogP contribution is -1.92. The molecular formula is C11H7F2NO2. The van der Waals surface area contributed by atoms with E-state index in [9.17, 15) is 13.6 Å². The number of rotatable bonds is 3. The maximum absolute atomic E-state index is 13.2. The second-order valence-electron chi connectivity index (χ2n) is 2.97. The van der Waals surface area contributed by atoms with Crippen LogP contribution in [0, 0.1) is 23.0 Å². The lowest BCUT2D eigenvalue weighted by molar-refractivity contribution is -0.135. The Kier molecular flexibility index (Phi) is 3.72. The molecule has 0 aliphatic heterocycles. The average Bonchev–Trinajstić information content (AvgIpc) is 2.22. The molecule has 82 valence electrons. The van der Waals surface area contributed by atoms with E-state index in [-0.39, 0.29) is 17.5 Å². The summed E-state index contributed by atoms with van der Waals surface area (Å²) in [5, 5.41) is 16.8. The highest BCUT2D eigenvalue weighted by Gasteiger charge is 2.07. The third-order valence-electron chi connectivity index (χ3n) is 1.80. The molecule has 0 fully saturated rings. The van der Waals surface area contributed by atoms with Crippen molar-refractivity contribution in [1.29, 1.82) is 5.26 Å². The fraction of sp³-hybridized carbons (Fsp3) is 0.0909. The maximum atomic E-state index is 13.2. The minimum Gasteiger partial charge on any atom is -0.481 e. The van der Waals surface area contributed by atoms with Crippen LogP contribution in [0.15, 0.2) is 18.2 Å². The Morgan fingerprint density at radius 1 is 1.44 bits per heavy atom. The topological polar surface area (TPSA) is 61.1 Å². The van der Waals surface area contributed by atoms with Crippen LogP contribution < -0.4 is 0 Å². The fourth-order valence-electron chi connectivity index (χ4n) is 1.06. The molecule has 0 aliphatic rings. The van der Waals surface area contributed by atoms with Gasteiger partial charge in [0.05, 0.1) is 12.0 Å². The second kappa shape index (κ2) is 5.03. The van der Waals surface area contributed by atoms with Crippen LogP contribution in [0.25, 0.3) is 6.08 Å². The van der Waals surface area contributed by atoms with E-state index in [0.717, 1.165) is 18.2 Å². The molecule has 1 rings (SSSR count). The fourth-order valence-corrected chi connectivity index (χ4v) is 1.06. The lowest BCUT2D eigenvalue weighted by Gasteiger charge is -1.98. The molecule has 3 nitrogen and oxygen atoms in total. The number of aliphatic carboxylic acids is 1. The van der Waals surface area contributed by atoms with E-state index >= 15 is 0 Å². The molecule has 0 saturated carbocycles. The summed E-state index contributed by atoms with van der Waals surface area (Å²) in [6, 6.07) is 3.13. The Morgan fingerprint density at radius 2 is 2.12 bits per heavy atom. The molecule has 1 N–H and O–H groups in total. The normalized spacial score (nSPS) is 10.3. The molecule has 0 bridgehead atoms. The number of hydrogen-bond donors (Lipinski definition) is 1. The van der Waals surface area contributed by atoms with Crippen LogP contribution in [0.1, 0.15) is 17.5 Å². The first-order chi connectivity index (χ1) is 7.54. The molecule has 0 spiro atoms. The smallest absolute Gasteiger partial charge is 0.307 e. The van der Waals surface area contributed by atoms with Crippen LogP contribution in [0.5, 0.6) is 0 Å². The Balaban J connectivity index is 2.99. The zero-order valence-electron chi connectivity index (χ0n) is 8.08. The van der Waals surface area contributed by atoms with Crippen LogP contribution >= 0.6 is 0 Å². The molecule has 0 heterocycles. The number of benzene rings is 1. The summed E-state index contributed by atoms with van der Waals surface area (Å²) < 4.78 is 26.3. The summed E-state index contributed by atoms with van der Waals surface area (Å²) in [5.74, 6) is -2.66. The Hall–Kier alpha value is -2.22. The van der Waals surface area contributed by atoms with Gasteiger partial charge in [0.2, 0.25) is 0 Å². The van der Waals surface area contributed by atoms with Gasteiger partial charge in [-0.2, -0.15) is 5.26 Å². The zero-order valence-corrected chi connectivity index (χ0v) is 8.08. The van der Waals surface area contributed by atoms with E-state index in [1.165, 1.54) is 12.1 Å². The summed E-state index contributed by atoms with van der Waals surface area (Å²) in [7, 11) is 0. The van der Waals surface area contributed by atoms with Crippen LogP contribution in [-0.4, -0.2) is 11.1 Å². The van der Waals surface area contributed by atoms with Crippen molar-refractivity contribution in [3.05, 3.63) is 41.0 Å². The molecule has 0 aromatic heterocycles. The predicted molar refractivity (Wildman–Crippen MR) is 52.4 cm³/mol.